The maximum atomic E-state index is 12.7. The van der Waals surface area contributed by atoms with Crippen LogP contribution < -0.4 is 20.2 Å². The lowest BCUT2D eigenvalue weighted by molar-refractivity contribution is 0.0955. The fraction of sp³-hybridized carbons (Fsp3) is 0.0938. The Morgan fingerprint density at radius 2 is 1.78 bits per heavy atom. The van der Waals surface area contributed by atoms with E-state index in [-0.39, 0.29) is 5.91 Å². The van der Waals surface area contributed by atoms with Crippen molar-refractivity contribution in [3.05, 3.63) is 124 Å². The minimum Gasteiger partial charge on any atom is -0.493 e. The lowest BCUT2D eigenvalue weighted by atomic mass is 10.1. The van der Waals surface area contributed by atoms with Gasteiger partial charge in [0.2, 0.25) is 0 Å². The van der Waals surface area contributed by atoms with Gasteiger partial charge in [-0.3, -0.25) is 4.79 Å². The number of benzene rings is 4. The third-order valence-corrected chi connectivity index (χ3v) is 7.15. The van der Waals surface area contributed by atoms with Crippen LogP contribution >= 0.6 is 22.9 Å². The van der Waals surface area contributed by atoms with E-state index in [0.29, 0.717) is 34.3 Å². The van der Waals surface area contributed by atoms with Crippen LogP contribution in [0.3, 0.4) is 0 Å². The number of aromatic nitrogens is 1. The number of nitrogens with zero attached hydrogens (tertiary/aromatic N) is 2. The predicted molar refractivity (Wildman–Crippen MR) is 166 cm³/mol. The number of hydrogen-bond acceptors (Lipinski definition) is 7. The molecule has 0 spiro atoms. The van der Waals surface area contributed by atoms with Crippen molar-refractivity contribution >= 4 is 45.9 Å². The highest BCUT2D eigenvalue weighted by Crippen LogP contribution is 2.36. The van der Waals surface area contributed by atoms with Gasteiger partial charge in [0, 0.05) is 22.2 Å². The number of carbonyl (C=O) groups is 1. The number of rotatable bonds is 10. The summed E-state index contributed by atoms with van der Waals surface area (Å²) >= 11 is 8.01. The summed E-state index contributed by atoms with van der Waals surface area (Å²) in [5.74, 6) is 0.574. The first-order valence-electron chi connectivity index (χ1n) is 12.8. The van der Waals surface area contributed by atoms with E-state index in [1.165, 1.54) is 23.1 Å². The van der Waals surface area contributed by atoms with E-state index >= 15 is 0 Å². The Balaban J connectivity index is 1.18. The van der Waals surface area contributed by atoms with E-state index < -0.39 is 0 Å². The highest BCUT2D eigenvalue weighted by atomic mass is 35.5. The van der Waals surface area contributed by atoms with Gasteiger partial charge in [0.1, 0.15) is 6.61 Å². The van der Waals surface area contributed by atoms with Gasteiger partial charge < -0.3 is 14.8 Å². The topological polar surface area (TPSA) is 84.8 Å². The molecule has 0 fully saturated rings. The second-order valence-electron chi connectivity index (χ2n) is 9.11. The summed E-state index contributed by atoms with van der Waals surface area (Å²) in [6, 6.07) is 28.6. The summed E-state index contributed by atoms with van der Waals surface area (Å²) in [7, 11) is 1.54. The second kappa shape index (κ2) is 13.1. The molecular weight excluding hydrogens is 556 g/mol. The standard InChI is InChI=1S/C32H27ClN4O3S/c1-21-8-10-22(11-9-21)19-40-30-27(33)16-23(17-29(30)39-2)18-34-37-31(38)25-14-12-24(13-15-25)28-20-41-32(36-28)35-26-6-4-3-5-7-26/h3-18,20H,19H2,1-2H3,(H,35,36)(H,37,38)/b34-18-. The molecule has 0 radical (unpaired) electrons. The maximum absolute atomic E-state index is 12.7. The van der Waals surface area contributed by atoms with Crippen molar-refractivity contribution in [3.8, 4) is 22.8 Å². The van der Waals surface area contributed by atoms with Crippen LogP contribution in [0, 0.1) is 6.92 Å². The number of halogens is 1. The highest BCUT2D eigenvalue weighted by molar-refractivity contribution is 7.14. The van der Waals surface area contributed by atoms with Crippen molar-refractivity contribution in [2.24, 2.45) is 5.10 Å². The number of carbonyl (C=O) groups excluding carboxylic acids is 1. The van der Waals surface area contributed by atoms with Gasteiger partial charge in [-0.1, -0.05) is 71.8 Å². The number of hydrogen-bond donors (Lipinski definition) is 2. The molecule has 1 aromatic heterocycles. The van der Waals surface area contributed by atoms with Gasteiger partial charge in [-0.2, -0.15) is 5.10 Å². The van der Waals surface area contributed by atoms with Gasteiger partial charge in [-0.15, -0.1) is 11.3 Å². The number of amides is 1. The van der Waals surface area contributed by atoms with Crippen LogP contribution in [0.1, 0.15) is 27.0 Å². The average Bonchev–Trinajstić information content (AvgIpc) is 3.46. The molecule has 0 bridgehead atoms. The zero-order valence-electron chi connectivity index (χ0n) is 22.4. The number of anilines is 2. The van der Waals surface area contributed by atoms with E-state index in [2.05, 4.69) is 20.8 Å². The second-order valence-corrected chi connectivity index (χ2v) is 10.4. The highest BCUT2D eigenvalue weighted by Gasteiger charge is 2.13. The van der Waals surface area contributed by atoms with Crippen molar-refractivity contribution in [2.75, 3.05) is 12.4 Å². The van der Waals surface area contributed by atoms with Crippen LogP contribution in [-0.2, 0) is 6.61 Å². The fourth-order valence-corrected chi connectivity index (χ4v) is 4.94. The minimum absolute atomic E-state index is 0.339. The molecule has 41 heavy (non-hydrogen) atoms. The monoisotopic (exact) mass is 582 g/mol. The fourth-order valence-electron chi connectivity index (χ4n) is 3.93. The third-order valence-electron chi connectivity index (χ3n) is 6.11. The Morgan fingerprint density at radius 3 is 2.51 bits per heavy atom. The molecule has 0 aliphatic carbocycles. The SMILES string of the molecule is COc1cc(/C=N\NC(=O)c2ccc(-c3csc(Nc4ccccc4)n3)cc2)cc(Cl)c1OCc1ccc(C)cc1. The zero-order chi connectivity index (χ0) is 28.6. The van der Waals surface area contributed by atoms with Crippen LogP contribution in [0.2, 0.25) is 5.02 Å². The normalized spacial score (nSPS) is 10.9. The van der Waals surface area contributed by atoms with E-state index in [9.17, 15) is 4.79 Å². The number of nitrogens with one attached hydrogen (secondary N) is 2. The molecule has 5 aromatic rings. The molecule has 0 unspecified atom stereocenters. The Bertz CT molecular complexity index is 1650. The van der Waals surface area contributed by atoms with Crippen molar-refractivity contribution in [2.45, 2.75) is 13.5 Å². The minimum atomic E-state index is -0.339. The summed E-state index contributed by atoms with van der Waals surface area (Å²) in [5.41, 5.74) is 8.59. The van der Waals surface area contributed by atoms with E-state index in [4.69, 9.17) is 21.1 Å². The van der Waals surface area contributed by atoms with E-state index in [0.717, 1.165) is 27.6 Å². The molecule has 1 heterocycles. The number of thiazole rings is 1. The van der Waals surface area contributed by atoms with Gasteiger partial charge in [0.05, 0.1) is 24.0 Å². The molecule has 0 saturated carbocycles. The Labute approximate surface area is 247 Å². The van der Waals surface area contributed by atoms with E-state index in [1.54, 1.807) is 31.4 Å². The smallest absolute Gasteiger partial charge is 0.271 e. The van der Waals surface area contributed by atoms with Gasteiger partial charge in [-0.25, -0.2) is 10.4 Å². The van der Waals surface area contributed by atoms with Crippen LogP contribution in [-0.4, -0.2) is 24.2 Å². The number of methoxy groups -OCH3 is 1. The van der Waals surface area contributed by atoms with Crippen LogP contribution in [0.25, 0.3) is 11.3 Å². The molecule has 9 heteroatoms. The lowest BCUT2D eigenvalue weighted by Gasteiger charge is -2.13. The molecule has 2 N–H and O–H groups in total. The summed E-state index contributed by atoms with van der Waals surface area (Å²) in [6.07, 6.45) is 1.50. The first-order valence-corrected chi connectivity index (χ1v) is 14.0. The molecular formula is C32H27ClN4O3S. The zero-order valence-corrected chi connectivity index (χ0v) is 24.0. The summed E-state index contributed by atoms with van der Waals surface area (Å²) in [5, 5.41) is 10.5. The van der Waals surface area contributed by atoms with Gasteiger partial charge in [0.25, 0.3) is 5.91 Å². The average molecular weight is 583 g/mol. The molecule has 0 atom stereocenters. The number of ether oxygens (including phenoxy) is 2. The Morgan fingerprint density at radius 1 is 1.02 bits per heavy atom. The molecule has 0 aliphatic rings. The van der Waals surface area contributed by atoms with E-state index in [1.807, 2.05) is 79.0 Å². The van der Waals surface area contributed by atoms with Crippen LogP contribution in [0.15, 0.2) is 101 Å². The first-order chi connectivity index (χ1) is 20.0. The van der Waals surface area contributed by atoms with Crippen LogP contribution in [0.5, 0.6) is 11.5 Å². The van der Waals surface area contributed by atoms with Gasteiger partial charge in [-0.05, 0) is 54.4 Å². The quantitative estimate of drug-likeness (QED) is 0.129. The van der Waals surface area contributed by atoms with Crippen molar-refractivity contribution in [1.82, 2.24) is 10.4 Å². The number of hydrazone groups is 1. The van der Waals surface area contributed by atoms with Crippen molar-refractivity contribution in [1.29, 1.82) is 0 Å². The number of aryl methyl sites for hydroxylation is 1. The number of para-hydroxylation sites is 1. The van der Waals surface area contributed by atoms with Gasteiger partial charge in [0.15, 0.2) is 16.6 Å². The third kappa shape index (κ3) is 7.30. The first kappa shape index (κ1) is 27.9. The van der Waals surface area contributed by atoms with Crippen LogP contribution in [0.4, 0.5) is 10.8 Å². The molecule has 5 rings (SSSR count). The summed E-state index contributed by atoms with van der Waals surface area (Å²) in [6.45, 7) is 2.39. The van der Waals surface area contributed by atoms with Crippen molar-refractivity contribution in [3.63, 3.8) is 0 Å². The van der Waals surface area contributed by atoms with Crippen molar-refractivity contribution < 1.29 is 14.3 Å². The summed E-state index contributed by atoms with van der Waals surface area (Å²) < 4.78 is 11.4. The largest absolute Gasteiger partial charge is 0.493 e. The molecule has 4 aromatic carbocycles. The molecule has 7 nitrogen and oxygen atoms in total. The van der Waals surface area contributed by atoms with Gasteiger partial charge >= 0.3 is 0 Å². The molecule has 1 amide bonds. The Hall–Kier alpha value is -4.66. The lowest BCUT2D eigenvalue weighted by Crippen LogP contribution is -2.17. The molecule has 206 valence electrons. The Kier molecular flexibility index (Phi) is 8.93. The summed E-state index contributed by atoms with van der Waals surface area (Å²) in [4.78, 5) is 17.3. The molecule has 0 saturated heterocycles. The maximum Gasteiger partial charge on any atom is 0.271 e. The molecule has 0 aliphatic heterocycles. The predicted octanol–water partition coefficient (Wildman–Crippen LogP) is 7.87.